The van der Waals surface area contributed by atoms with Crippen molar-refractivity contribution in [3.05, 3.63) is 29.3 Å². The third kappa shape index (κ3) is 2.78. The van der Waals surface area contributed by atoms with E-state index in [0.29, 0.717) is 0 Å². The Kier molecular flexibility index (Phi) is 4.20. The molecule has 0 aromatic heterocycles. The topological polar surface area (TPSA) is 63.6 Å². The van der Waals surface area contributed by atoms with Crippen LogP contribution in [0.2, 0.25) is 0 Å². The minimum Gasteiger partial charge on any atom is -0.506 e. The minimum absolute atomic E-state index is 0.0347. The van der Waals surface area contributed by atoms with Gasteiger partial charge in [-0.15, -0.1) is 0 Å². The Morgan fingerprint density at radius 1 is 1.16 bits per heavy atom. The van der Waals surface area contributed by atoms with E-state index >= 15 is 0 Å². The van der Waals surface area contributed by atoms with E-state index in [1.807, 2.05) is 0 Å². The molecule has 4 nitrogen and oxygen atoms in total. The number of esters is 1. The molecule has 1 aliphatic rings. The predicted octanol–water partition coefficient (Wildman–Crippen LogP) is 2.94. The molecule has 0 atom stereocenters. The van der Waals surface area contributed by atoms with Crippen molar-refractivity contribution in [3.8, 4) is 5.75 Å². The van der Waals surface area contributed by atoms with Crippen molar-refractivity contribution in [1.82, 2.24) is 0 Å². The maximum atomic E-state index is 12.4. The maximum Gasteiger partial charge on any atom is 0.341 e. The highest BCUT2D eigenvalue weighted by Gasteiger charge is 2.26. The number of carbonyl (C=O) groups excluding carboxylic acids is 2. The number of para-hydroxylation sites is 1. The molecule has 2 rings (SSSR count). The van der Waals surface area contributed by atoms with Crippen LogP contribution in [0.5, 0.6) is 5.75 Å². The van der Waals surface area contributed by atoms with Crippen LogP contribution >= 0.6 is 0 Å². The number of ether oxygens (including phenoxy) is 1. The van der Waals surface area contributed by atoms with E-state index in [0.717, 1.165) is 32.1 Å². The minimum atomic E-state index is -0.629. The molecule has 0 radical (unpaired) electrons. The average Bonchev–Trinajstić information content (AvgIpc) is 2.47. The molecule has 0 aliphatic heterocycles. The second-order valence-corrected chi connectivity index (χ2v) is 4.89. The van der Waals surface area contributed by atoms with Crippen molar-refractivity contribution in [3.63, 3.8) is 0 Å². The fraction of sp³-hybridized carbons (Fsp3) is 0.467. The first-order valence-electron chi connectivity index (χ1n) is 6.59. The molecule has 102 valence electrons. The van der Waals surface area contributed by atoms with Crippen molar-refractivity contribution in [1.29, 1.82) is 0 Å². The molecule has 0 unspecified atom stereocenters. The normalized spacial score (nSPS) is 16.1. The summed E-state index contributed by atoms with van der Waals surface area (Å²) in [6.07, 6.45) is 4.99. The van der Waals surface area contributed by atoms with Gasteiger partial charge in [-0.25, -0.2) is 4.79 Å². The summed E-state index contributed by atoms with van der Waals surface area (Å²) in [6.45, 7) is 0. The molecule has 0 amide bonds. The zero-order valence-electron chi connectivity index (χ0n) is 11.0. The number of phenolic OH excluding ortho intramolecular Hbond substituents is 1. The van der Waals surface area contributed by atoms with Gasteiger partial charge in [-0.1, -0.05) is 25.3 Å². The highest BCUT2D eigenvalue weighted by molar-refractivity contribution is 6.04. The molecule has 1 aromatic carbocycles. The van der Waals surface area contributed by atoms with E-state index in [1.54, 1.807) is 12.1 Å². The molecule has 1 N–H and O–H groups in total. The molecule has 19 heavy (non-hydrogen) atoms. The smallest absolute Gasteiger partial charge is 0.341 e. The zero-order chi connectivity index (χ0) is 13.8. The molecule has 0 saturated heterocycles. The lowest BCUT2D eigenvalue weighted by molar-refractivity contribution is 0.0597. The summed E-state index contributed by atoms with van der Waals surface area (Å²) in [5, 5.41) is 10.1. The van der Waals surface area contributed by atoms with Gasteiger partial charge in [-0.2, -0.15) is 0 Å². The van der Waals surface area contributed by atoms with Crippen LogP contribution in [0.15, 0.2) is 18.2 Å². The van der Waals surface area contributed by atoms with Gasteiger partial charge in [-0.3, -0.25) is 4.79 Å². The summed E-state index contributed by atoms with van der Waals surface area (Å²) >= 11 is 0. The Bertz CT molecular complexity index is 487. The summed E-state index contributed by atoms with van der Waals surface area (Å²) in [6, 6.07) is 4.62. The van der Waals surface area contributed by atoms with Crippen molar-refractivity contribution < 1.29 is 19.4 Å². The number of methoxy groups -OCH3 is 1. The van der Waals surface area contributed by atoms with Gasteiger partial charge in [0.05, 0.1) is 12.7 Å². The summed E-state index contributed by atoms with van der Waals surface area (Å²) in [5.74, 6) is -0.990. The third-order valence-corrected chi connectivity index (χ3v) is 3.68. The molecular formula is C15H18O4. The van der Waals surface area contributed by atoms with Gasteiger partial charge in [-0.05, 0) is 25.0 Å². The van der Waals surface area contributed by atoms with Gasteiger partial charge in [0, 0.05) is 5.92 Å². The second-order valence-electron chi connectivity index (χ2n) is 4.89. The van der Waals surface area contributed by atoms with E-state index in [4.69, 9.17) is 0 Å². The van der Waals surface area contributed by atoms with E-state index in [-0.39, 0.29) is 28.6 Å². The van der Waals surface area contributed by atoms with Gasteiger partial charge >= 0.3 is 5.97 Å². The molecule has 0 heterocycles. The largest absolute Gasteiger partial charge is 0.506 e. The van der Waals surface area contributed by atoms with E-state index in [1.165, 1.54) is 13.2 Å². The predicted molar refractivity (Wildman–Crippen MR) is 70.4 cm³/mol. The Hall–Kier alpha value is -1.84. The SMILES string of the molecule is COC(=O)c1cccc(C(=O)C2CCCCC2)c1O. The van der Waals surface area contributed by atoms with Crippen LogP contribution in [0.25, 0.3) is 0 Å². The Balaban J connectivity index is 2.29. The van der Waals surface area contributed by atoms with E-state index in [2.05, 4.69) is 4.74 Å². The van der Waals surface area contributed by atoms with Gasteiger partial charge < -0.3 is 9.84 Å². The van der Waals surface area contributed by atoms with Gasteiger partial charge in [0.25, 0.3) is 0 Å². The van der Waals surface area contributed by atoms with Crippen LogP contribution in [-0.2, 0) is 4.74 Å². The van der Waals surface area contributed by atoms with E-state index in [9.17, 15) is 14.7 Å². The summed E-state index contributed by atoms with van der Waals surface area (Å²) < 4.78 is 4.59. The van der Waals surface area contributed by atoms with Crippen LogP contribution in [0.3, 0.4) is 0 Å². The Morgan fingerprint density at radius 3 is 2.42 bits per heavy atom. The Labute approximate surface area is 112 Å². The number of ketones is 1. The van der Waals surface area contributed by atoms with Gasteiger partial charge in [0.1, 0.15) is 11.3 Å². The lowest BCUT2D eigenvalue weighted by atomic mass is 9.83. The molecule has 4 heteroatoms. The number of carbonyl (C=O) groups is 2. The van der Waals surface area contributed by atoms with Gasteiger partial charge in [0.2, 0.25) is 0 Å². The number of aromatic hydroxyl groups is 1. The van der Waals surface area contributed by atoms with Crippen LogP contribution < -0.4 is 0 Å². The fourth-order valence-corrected chi connectivity index (χ4v) is 2.60. The second kappa shape index (κ2) is 5.87. The number of hydrogen-bond donors (Lipinski definition) is 1. The summed E-state index contributed by atoms with van der Waals surface area (Å²) in [7, 11) is 1.25. The molecule has 1 saturated carbocycles. The fourth-order valence-electron chi connectivity index (χ4n) is 2.60. The highest BCUT2D eigenvalue weighted by atomic mass is 16.5. The van der Waals surface area contributed by atoms with Crippen molar-refractivity contribution >= 4 is 11.8 Å². The van der Waals surface area contributed by atoms with Crippen molar-refractivity contribution in [2.24, 2.45) is 5.92 Å². The standard InChI is InChI=1S/C15H18O4/c1-19-15(18)12-9-5-8-11(14(12)17)13(16)10-6-3-2-4-7-10/h5,8-10,17H,2-4,6-7H2,1H3. The van der Waals surface area contributed by atoms with Crippen LogP contribution in [0, 0.1) is 5.92 Å². The van der Waals surface area contributed by atoms with Crippen LogP contribution in [0.1, 0.15) is 52.8 Å². The van der Waals surface area contributed by atoms with Crippen LogP contribution in [-0.4, -0.2) is 24.0 Å². The monoisotopic (exact) mass is 262 g/mol. The maximum absolute atomic E-state index is 12.4. The molecule has 0 spiro atoms. The first-order chi connectivity index (χ1) is 9.15. The van der Waals surface area contributed by atoms with E-state index < -0.39 is 5.97 Å². The molecule has 0 bridgehead atoms. The highest BCUT2D eigenvalue weighted by Crippen LogP contribution is 2.31. The molecule has 1 aromatic rings. The number of rotatable bonds is 3. The molecule has 1 aliphatic carbocycles. The zero-order valence-corrected chi connectivity index (χ0v) is 11.0. The third-order valence-electron chi connectivity index (χ3n) is 3.68. The van der Waals surface area contributed by atoms with Crippen molar-refractivity contribution in [2.45, 2.75) is 32.1 Å². The van der Waals surface area contributed by atoms with Gasteiger partial charge in [0.15, 0.2) is 5.78 Å². The first kappa shape index (κ1) is 13.6. The number of benzene rings is 1. The van der Waals surface area contributed by atoms with Crippen molar-refractivity contribution in [2.75, 3.05) is 7.11 Å². The summed E-state index contributed by atoms with van der Waals surface area (Å²) in [4.78, 5) is 23.9. The Morgan fingerprint density at radius 2 is 1.79 bits per heavy atom. The average molecular weight is 262 g/mol. The molecular weight excluding hydrogens is 244 g/mol. The number of hydrogen-bond acceptors (Lipinski definition) is 4. The number of phenols is 1. The number of Topliss-reactive ketones (excluding diaryl/α,β-unsaturated/α-hetero) is 1. The lowest BCUT2D eigenvalue weighted by Crippen LogP contribution is -2.18. The first-order valence-corrected chi connectivity index (χ1v) is 6.59. The van der Waals surface area contributed by atoms with Crippen LogP contribution in [0.4, 0.5) is 0 Å². The lowest BCUT2D eigenvalue weighted by Gasteiger charge is -2.20. The molecule has 1 fully saturated rings. The summed E-state index contributed by atoms with van der Waals surface area (Å²) in [5.41, 5.74) is 0.277. The quantitative estimate of drug-likeness (QED) is 0.672.